The predicted molar refractivity (Wildman–Crippen MR) is 73.5 cm³/mol. The Bertz CT molecular complexity index is 594. The van der Waals surface area contributed by atoms with Crippen molar-refractivity contribution >= 4 is 0 Å². The van der Waals surface area contributed by atoms with E-state index in [0.717, 1.165) is 5.56 Å². The van der Waals surface area contributed by atoms with E-state index >= 15 is 0 Å². The zero-order valence-corrected chi connectivity index (χ0v) is 10.8. The minimum atomic E-state index is -0.231. The van der Waals surface area contributed by atoms with Gasteiger partial charge in [0.25, 0.3) is 5.56 Å². The van der Waals surface area contributed by atoms with Crippen LogP contribution in [0.1, 0.15) is 18.5 Å². The summed E-state index contributed by atoms with van der Waals surface area (Å²) in [6.45, 7) is 3.23. The first-order chi connectivity index (χ1) is 9.16. The summed E-state index contributed by atoms with van der Waals surface area (Å²) >= 11 is 0. The van der Waals surface area contributed by atoms with Crippen LogP contribution < -0.4 is 10.9 Å². The van der Waals surface area contributed by atoms with Gasteiger partial charge in [0.1, 0.15) is 5.82 Å². The van der Waals surface area contributed by atoms with E-state index in [9.17, 15) is 9.18 Å². The highest BCUT2D eigenvalue weighted by atomic mass is 19.1. The minimum absolute atomic E-state index is 0.0114. The number of rotatable bonds is 5. The number of aromatic nitrogens is 1. The van der Waals surface area contributed by atoms with Crippen molar-refractivity contribution < 1.29 is 4.39 Å². The summed E-state index contributed by atoms with van der Waals surface area (Å²) in [5.74, 6) is -0.231. The quantitative estimate of drug-likeness (QED) is 0.895. The summed E-state index contributed by atoms with van der Waals surface area (Å²) in [5, 5.41) is 3.28. The highest BCUT2D eigenvalue weighted by molar-refractivity contribution is 5.19. The van der Waals surface area contributed by atoms with Gasteiger partial charge < -0.3 is 9.88 Å². The fourth-order valence-electron chi connectivity index (χ4n) is 1.94. The van der Waals surface area contributed by atoms with Gasteiger partial charge in [0.15, 0.2) is 0 Å². The molecule has 0 saturated heterocycles. The second-order valence-corrected chi connectivity index (χ2v) is 4.46. The van der Waals surface area contributed by atoms with Crippen molar-refractivity contribution in [2.75, 3.05) is 6.54 Å². The van der Waals surface area contributed by atoms with E-state index in [4.69, 9.17) is 0 Å². The third kappa shape index (κ3) is 3.76. The molecular weight excluding hydrogens is 243 g/mol. The Morgan fingerprint density at radius 3 is 2.84 bits per heavy atom. The van der Waals surface area contributed by atoms with Gasteiger partial charge in [-0.2, -0.15) is 0 Å². The molecule has 100 valence electrons. The van der Waals surface area contributed by atoms with E-state index in [1.54, 1.807) is 22.9 Å². The van der Waals surface area contributed by atoms with E-state index in [0.29, 0.717) is 13.1 Å². The molecular formula is C15H17FN2O. The predicted octanol–water partition coefficient (Wildman–Crippen LogP) is 2.34. The van der Waals surface area contributed by atoms with Crippen LogP contribution >= 0.6 is 0 Å². The molecule has 0 aliphatic heterocycles. The summed E-state index contributed by atoms with van der Waals surface area (Å²) in [6, 6.07) is 11.7. The molecule has 1 heterocycles. The van der Waals surface area contributed by atoms with E-state index < -0.39 is 0 Å². The Morgan fingerprint density at radius 1 is 1.26 bits per heavy atom. The van der Waals surface area contributed by atoms with Crippen molar-refractivity contribution in [3.8, 4) is 0 Å². The lowest BCUT2D eigenvalue weighted by Crippen LogP contribution is -2.27. The molecule has 0 radical (unpaired) electrons. The fourth-order valence-corrected chi connectivity index (χ4v) is 1.94. The molecule has 0 aliphatic rings. The number of hydrogen-bond acceptors (Lipinski definition) is 2. The van der Waals surface area contributed by atoms with Crippen LogP contribution in [0.2, 0.25) is 0 Å². The van der Waals surface area contributed by atoms with Gasteiger partial charge in [0.05, 0.1) is 0 Å². The largest absolute Gasteiger partial charge is 0.314 e. The first-order valence-electron chi connectivity index (χ1n) is 6.31. The highest BCUT2D eigenvalue weighted by Crippen LogP contribution is 2.12. The van der Waals surface area contributed by atoms with E-state index in [-0.39, 0.29) is 17.4 Å². The molecule has 2 aromatic rings. The average Bonchev–Trinajstić information content (AvgIpc) is 2.41. The average molecular weight is 260 g/mol. The molecule has 0 unspecified atom stereocenters. The Morgan fingerprint density at radius 2 is 2.11 bits per heavy atom. The first kappa shape index (κ1) is 13.5. The highest BCUT2D eigenvalue weighted by Gasteiger charge is 2.05. The van der Waals surface area contributed by atoms with Crippen LogP contribution in [0.3, 0.4) is 0 Å². The maximum Gasteiger partial charge on any atom is 0.250 e. The van der Waals surface area contributed by atoms with E-state index in [1.165, 1.54) is 18.2 Å². The lowest BCUT2D eigenvalue weighted by Gasteiger charge is -2.14. The Kier molecular flexibility index (Phi) is 4.47. The van der Waals surface area contributed by atoms with E-state index in [1.807, 2.05) is 19.1 Å². The summed E-state index contributed by atoms with van der Waals surface area (Å²) in [7, 11) is 0. The molecule has 0 aliphatic carbocycles. The SMILES string of the molecule is C[C@@H](NCCn1ccccc1=O)c1cccc(F)c1. The molecule has 19 heavy (non-hydrogen) atoms. The third-order valence-electron chi connectivity index (χ3n) is 3.05. The molecule has 0 saturated carbocycles. The normalized spacial score (nSPS) is 12.3. The second kappa shape index (κ2) is 6.29. The molecule has 2 rings (SSSR count). The topological polar surface area (TPSA) is 34.0 Å². The molecule has 1 aromatic carbocycles. The Hall–Kier alpha value is -1.94. The van der Waals surface area contributed by atoms with Gasteiger partial charge in [-0.05, 0) is 30.7 Å². The molecule has 0 bridgehead atoms. The number of halogens is 1. The second-order valence-electron chi connectivity index (χ2n) is 4.46. The molecule has 3 nitrogen and oxygen atoms in total. The van der Waals surface area contributed by atoms with Crippen molar-refractivity contribution in [2.45, 2.75) is 19.5 Å². The van der Waals surface area contributed by atoms with Crippen LogP contribution in [0, 0.1) is 5.82 Å². The summed E-state index contributed by atoms with van der Waals surface area (Å²) in [5.41, 5.74) is 0.892. The number of benzene rings is 1. The standard InChI is InChI=1S/C15H17FN2O/c1-12(13-5-4-6-14(16)11-13)17-8-10-18-9-3-2-7-15(18)19/h2-7,9,11-12,17H,8,10H2,1H3/t12-/m1/s1. The van der Waals surface area contributed by atoms with Gasteiger partial charge in [-0.15, -0.1) is 0 Å². The monoisotopic (exact) mass is 260 g/mol. The zero-order valence-electron chi connectivity index (χ0n) is 10.8. The summed E-state index contributed by atoms with van der Waals surface area (Å²) < 4.78 is 14.7. The molecule has 0 fully saturated rings. The molecule has 0 spiro atoms. The molecule has 4 heteroatoms. The number of hydrogen-bond donors (Lipinski definition) is 1. The number of nitrogens with one attached hydrogen (secondary N) is 1. The molecule has 1 atom stereocenters. The third-order valence-corrected chi connectivity index (χ3v) is 3.05. The molecule has 1 aromatic heterocycles. The van der Waals surface area contributed by atoms with Crippen LogP contribution in [0.25, 0.3) is 0 Å². The van der Waals surface area contributed by atoms with Crippen molar-refractivity contribution in [1.29, 1.82) is 0 Å². The van der Waals surface area contributed by atoms with E-state index in [2.05, 4.69) is 5.32 Å². The first-order valence-corrected chi connectivity index (χ1v) is 6.31. The number of nitrogens with zero attached hydrogens (tertiary/aromatic N) is 1. The van der Waals surface area contributed by atoms with Crippen molar-refractivity contribution in [1.82, 2.24) is 9.88 Å². The molecule has 0 amide bonds. The van der Waals surface area contributed by atoms with Gasteiger partial charge in [0.2, 0.25) is 0 Å². The van der Waals surface area contributed by atoms with Crippen molar-refractivity contribution in [3.05, 3.63) is 70.4 Å². The van der Waals surface area contributed by atoms with Gasteiger partial charge in [-0.1, -0.05) is 18.2 Å². The maximum atomic E-state index is 13.1. The van der Waals surface area contributed by atoms with Crippen LogP contribution in [0.5, 0.6) is 0 Å². The van der Waals surface area contributed by atoms with Crippen LogP contribution in [-0.2, 0) is 6.54 Å². The molecule has 1 N–H and O–H groups in total. The van der Waals surface area contributed by atoms with Crippen LogP contribution in [-0.4, -0.2) is 11.1 Å². The van der Waals surface area contributed by atoms with Crippen molar-refractivity contribution in [3.63, 3.8) is 0 Å². The summed E-state index contributed by atoms with van der Waals surface area (Å²) in [6.07, 6.45) is 1.76. The number of pyridine rings is 1. The van der Waals surface area contributed by atoms with Crippen molar-refractivity contribution in [2.24, 2.45) is 0 Å². The summed E-state index contributed by atoms with van der Waals surface area (Å²) in [4.78, 5) is 11.5. The lowest BCUT2D eigenvalue weighted by atomic mass is 10.1. The van der Waals surface area contributed by atoms with Gasteiger partial charge in [0, 0.05) is 31.4 Å². The van der Waals surface area contributed by atoms with Crippen LogP contribution in [0.15, 0.2) is 53.5 Å². The van der Waals surface area contributed by atoms with Gasteiger partial charge >= 0.3 is 0 Å². The minimum Gasteiger partial charge on any atom is -0.314 e. The Balaban J connectivity index is 1.89. The lowest BCUT2D eigenvalue weighted by molar-refractivity contribution is 0.521. The van der Waals surface area contributed by atoms with Gasteiger partial charge in [-0.25, -0.2) is 4.39 Å². The fraction of sp³-hybridized carbons (Fsp3) is 0.267. The smallest absolute Gasteiger partial charge is 0.250 e. The van der Waals surface area contributed by atoms with Gasteiger partial charge in [-0.3, -0.25) is 4.79 Å². The van der Waals surface area contributed by atoms with Crippen LogP contribution in [0.4, 0.5) is 4.39 Å². The zero-order chi connectivity index (χ0) is 13.7. The Labute approximate surface area is 111 Å². The maximum absolute atomic E-state index is 13.1.